The molecule has 0 heterocycles. The van der Waals surface area contributed by atoms with Crippen molar-refractivity contribution >= 4 is 11.9 Å². The average molecular weight is 230 g/mol. The molecule has 1 rings (SSSR count). The van der Waals surface area contributed by atoms with Crippen molar-refractivity contribution in [1.82, 2.24) is 0 Å². The van der Waals surface area contributed by atoms with Crippen LogP contribution >= 0.6 is 0 Å². The van der Waals surface area contributed by atoms with Gasteiger partial charge in [-0.15, -0.1) is 0 Å². The second kappa shape index (κ2) is 5.31. The van der Waals surface area contributed by atoms with Gasteiger partial charge in [-0.3, -0.25) is 4.79 Å². The van der Waals surface area contributed by atoms with Gasteiger partial charge >= 0.3 is 0 Å². The zero-order valence-electron chi connectivity index (χ0n) is 11.4. The molecule has 0 saturated heterocycles. The van der Waals surface area contributed by atoms with Gasteiger partial charge in [-0.25, -0.2) is 0 Å². The molecule has 0 amide bonds. The number of carbonyl (C=O) groups excluding carboxylic acids is 1. The van der Waals surface area contributed by atoms with Crippen molar-refractivity contribution in [2.75, 3.05) is 0 Å². The third-order valence-electron chi connectivity index (χ3n) is 3.27. The standard InChI is InChI=1S/C16H22O/c1-12(16(3,4)5)10-11-14-8-6-7-9-15(14)13(2)17/h6-12H,1-5H3/b11-10+. The van der Waals surface area contributed by atoms with Crippen molar-refractivity contribution in [2.45, 2.75) is 34.6 Å². The predicted octanol–water partition coefficient (Wildman–Crippen LogP) is 4.58. The van der Waals surface area contributed by atoms with Crippen LogP contribution in [0.1, 0.15) is 50.5 Å². The molecule has 1 unspecified atom stereocenters. The van der Waals surface area contributed by atoms with Gasteiger partial charge in [0.2, 0.25) is 0 Å². The van der Waals surface area contributed by atoms with E-state index in [0.29, 0.717) is 5.92 Å². The molecule has 0 spiro atoms. The van der Waals surface area contributed by atoms with E-state index in [-0.39, 0.29) is 11.2 Å². The fourth-order valence-electron chi connectivity index (χ4n) is 1.50. The molecule has 1 aromatic carbocycles. The zero-order chi connectivity index (χ0) is 13.1. The van der Waals surface area contributed by atoms with Gasteiger partial charge in [0.05, 0.1) is 0 Å². The topological polar surface area (TPSA) is 17.1 Å². The number of rotatable bonds is 3. The van der Waals surface area contributed by atoms with E-state index in [4.69, 9.17) is 0 Å². The molecule has 0 aliphatic rings. The Morgan fingerprint density at radius 1 is 1.24 bits per heavy atom. The maximum Gasteiger partial charge on any atom is 0.160 e. The van der Waals surface area contributed by atoms with E-state index in [1.54, 1.807) is 6.92 Å². The van der Waals surface area contributed by atoms with Crippen LogP contribution in [0.15, 0.2) is 30.3 Å². The molecule has 1 heteroatoms. The van der Waals surface area contributed by atoms with Crippen molar-refractivity contribution in [2.24, 2.45) is 11.3 Å². The van der Waals surface area contributed by atoms with Crippen molar-refractivity contribution in [1.29, 1.82) is 0 Å². The van der Waals surface area contributed by atoms with E-state index in [2.05, 4.69) is 39.8 Å². The second-order valence-corrected chi connectivity index (χ2v) is 5.66. The first-order valence-corrected chi connectivity index (χ1v) is 6.10. The van der Waals surface area contributed by atoms with E-state index in [1.807, 2.05) is 24.3 Å². The van der Waals surface area contributed by atoms with E-state index in [0.717, 1.165) is 11.1 Å². The van der Waals surface area contributed by atoms with Gasteiger partial charge in [-0.1, -0.05) is 64.1 Å². The molecule has 0 aromatic heterocycles. The Balaban J connectivity index is 2.96. The summed E-state index contributed by atoms with van der Waals surface area (Å²) in [5, 5.41) is 0. The molecule has 0 bridgehead atoms. The van der Waals surface area contributed by atoms with E-state index in [9.17, 15) is 4.79 Å². The third-order valence-corrected chi connectivity index (χ3v) is 3.27. The van der Waals surface area contributed by atoms with Crippen LogP contribution < -0.4 is 0 Å². The normalized spacial score (nSPS) is 13.9. The summed E-state index contributed by atoms with van der Waals surface area (Å²) < 4.78 is 0. The average Bonchev–Trinajstić information content (AvgIpc) is 2.24. The van der Waals surface area contributed by atoms with Gasteiger partial charge in [0, 0.05) is 5.56 Å². The Hall–Kier alpha value is -1.37. The summed E-state index contributed by atoms with van der Waals surface area (Å²) in [5.41, 5.74) is 2.06. The molecule has 1 nitrogen and oxygen atoms in total. The van der Waals surface area contributed by atoms with Crippen molar-refractivity contribution < 1.29 is 4.79 Å². The molecular weight excluding hydrogens is 208 g/mol. The van der Waals surface area contributed by atoms with Crippen LogP contribution in [0.25, 0.3) is 6.08 Å². The minimum absolute atomic E-state index is 0.119. The maximum atomic E-state index is 11.5. The van der Waals surface area contributed by atoms with Crippen molar-refractivity contribution in [3.05, 3.63) is 41.5 Å². The minimum Gasteiger partial charge on any atom is -0.294 e. The van der Waals surface area contributed by atoms with Gasteiger partial charge in [0.25, 0.3) is 0 Å². The van der Waals surface area contributed by atoms with Crippen LogP contribution in [-0.4, -0.2) is 5.78 Å². The lowest BCUT2D eigenvalue weighted by molar-refractivity contribution is 0.101. The lowest BCUT2D eigenvalue weighted by Gasteiger charge is -2.24. The minimum atomic E-state index is 0.119. The van der Waals surface area contributed by atoms with Crippen LogP contribution in [0.2, 0.25) is 0 Å². The number of hydrogen-bond acceptors (Lipinski definition) is 1. The number of ketones is 1. The van der Waals surface area contributed by atoms with E-state index >= 15 is 0 Å². The molecule has 0 saturated carbocycles. The molecule has 1 aromatic rings. The quantitative estimate of drug-likeness (QED) is 0.694. The molecule has 0 aliphatic heterocycles. The van der Waals surface area contributed by atoms with Crippen LogP contribution in [0.4, 0.5) is 0 Å². The van der Waals surface area contributed by atoms with Crippen molar-refractivity contribution in [3.8, 4) is 0 Å². The first-order valence-electron chi connectivity index (χ1n) is 6.10. The number of hydrogen-bond donors (Lipinski definition) is 0. The van der Waals surface area contributed by atoms with Gasteiger partial charge in [0.1, 0.15) is 0 Å². The predicted molar refractivity (Wildman–Crippen MR) is 74.1 cm³/mol. The second-order valence-electron chi connectivity index (χ2n) is 5.66. The summed E-state index contributed by atoms with van der Waals surface area (Å²) in [7, 11) is 0. The number of benzene rings is 1. The number of allylic oxidation sites excluding steroid dienone is 1. The smallest absolute Gasteiger partial charge is 0.160 e. The van der Waals surface area contributed by atoms with Crippen LogP contribution in [0.3, 0.4) is 0 Å². The van der Waals surface area contributed by atoms with Gasteiger partial charge in [-0.2, -0.15) is 0 Å². The van der Waals surface area contributed by atoms with Crippen LogP contribution in [0, 0.1) is 11.3 Å². The molecule has 0 aliphatic carbocycles. The SMILES string of the molecule is CC(=O)c1ccccc1/C=C/C(C)C(C)(C)C. The molecule has 0 fully saturated rings. The lowest BCUT2D eigenvalue weighted by Crippen LogP contribution is -2.14. The first kappa shape index (κ1) is 13.7. The Labute approximate surface area is 105 Å². The molecule has 0 N–H and O–H groups in total. The fourth-order valence-corrected chi connectivity index (χ4v) is 1.50. The Bertz CT molecular complexity index is 421. The Morgan fingerprint density at radius 2 is 1.82 bits per heavy atom. The van der Waals surface area contributed by atoms with Crippen LogP contribution in [0.5, 0.6) is 0 Å². The zero-order valence-corrected chi connectivity index (χ0v) is 11.4. The highest BCUT2D eigenvalue weighted by Gasteiger charge is 2.17. The van der Waals surface area contributed by atoms with Crippen molar-refractivity contribution in [3.63, 3.8) is 0 Å². The summed E-state index contributed by atoms with van der Waals surface area (Å²) in [6.07, 6.45) is 4.24. The number of Topliss-reactive ketones (excluding diaryl/α,β-unsaturated/α-hetero) is 1. The highest BCUT2D eigenvalue weighted by molar-refractivity contribution is 5.97. The summed E-state index contributed by atoms with van der Waals surface area (Å²) in [6, 6.07) is 7.74. The molecular formula is C16H22O. The van der Waals surface area contributed by atoms with E-state index < -0.39 is 0 Å². The number of carbonyl (C=O) groups is 1. The lowest BCUT2D eigenvalue weighted by atomic mass is 9.81. The molecule has 17 heavy (non-hydrogen) atoms. The monoisotopic (exact) mass is 230 g/mol. The summed E-state index contributed by atoms with van der Waals surface area (Å²) in [5.74, 6) is 0.594. The summed E-state index contributed by atoms with van der Waals surface area (Å²) in [4.78, 5) is 11.5. The summed E-state index contributed by atoms with van der Waals surface area (Å²) >= 11 is 0. The Morgan fingerprint density at radius 3 is 2.35 bits per heavy atom. The van der Waals surface area contributed by atoms with E-state index in [1.165, 1.54) is 0 Å². The Kier molecular flexibility index (Phi) is 4.28. The molecule has 1 atom stereocenters. The highest BCUT2D eigenvalue weighted by atomic mass is 16.1. The largest absolute Gasteiger partial charge is 0.294 e. The van der Waals surface area contributed by atoms with Gasteiger partial charge in [0.15, 0.2) is 5.78 Å². The maximum absolute atomic E-state index is 11.5. The first-order chi connectivity index (χ1) is 7.82. The molecule has 92 valence electrons. The highest BCUT2D eigenvalue weighted by Crippen LogP contribution is 2.27. The van der Waals surface area contributed by atoms with Crippen LogP contribution in [-0.2, 0) is 0 Å². The van der Waals surface area contributed by atoms with Gasteiger partial charge < -0.3 is 0 Å². The summed E-state index contributed by atoms with van der Waals surface area (Å²) in [6.45, 7) is 10.5. The third kappa shape index (κ3) is 3.85. The fraction of sp³-hybridized carbons (Fsp3) is 0.438. The van der Waals surface area contributed by atoms with Gasteiger partial charge in [-0.05, 0) is 23.8 Å². The molecule has 0 radical (unpaired) electrons.